The summed E-state index contributed by atoms with van der Waals surface area (Å²) in [5.74, 6) is 0.989. The first kappa shape index (κ1) is 17.0. The first-order chi connectivity index (χ1) is 10.7. The molecule has 0 aliphatic heterocycles. The van der Waals surface area contributed by atoms with E-state index in [9.17, 15) is 14.7 Å². The van der Waals surface area contributed by atoms with Gasteiger partial charge in [0.05, 0.1) is 6.54 Å². The lowest BCUT2D eigenvalue weighted by molar-refractivity contribution is -0.122. The fourth-order valence-corrected chi connectivity index (χ4v) is 2.52. The van der Waals surface area contributed by atoms with E-state index < -0.39 is 5.60 Å². The quantitative estimate of drug-likeness (QED) is 0.872. The second kappa shape index (κ2) is 6.42. The van der Waals surface area contributed by atoms with E-state index in [1.807, 2.05) is 0 Å². The van der Waals surface area contributed by atoms with Crippen LogP contribution in [0.1, 0.15) is 29.6 Å². The zero-order valence-electron chi connectivity index (χ0n) is 13.8. The molecule has 0 spiro atoms. The summed E-state index contributed by atoms with van der Waals surface area (Å²) in [5.41, 5.74) is -0.217. The monoisotopic (exact) mass is 318 g/mol. The number of hydrogen-bond acceptors (Lipinski definition) is 4. The largest absolute Gasteiger partial charge is 0.466 e. The van der Waals surface area contributed by atoms with Crippen molar-refractivity contribution >= 4 is 5.91 Å². The molecule has 2 heterocycles. The SMILES string of the molecule is Cc1cc(C(C)(O)CNC(=O)Cn2cccc(C)c2=O)c(C)o1. The molecular formula is C17H22N2O4. The number of amides is 1. The normalized spacial score (nSPS) is 13.6. The molecule has 0 fully saturated rings. The molecule has 2 aromatic heterocycles. The minimum Gasteiger partial charge on any atom is -0.466 e. The van der Waals surface area contributed by atoms with Gasteiger partial charge in [-0.2, -0.15) is 0 Å². The molecule has 6 nitrogen and oxygen atoms in total. The Bertz CT molecular complexity index is 771. The van der Waals surface area contributed by atoms with Crippen LogP contribution in [-0.4, -0.2) is 22.1 Å². The fourth-order valence-electron chi connectivity index (χ4n) is 2.52. The number of carbonyl (C=O) groups is 1. The molecule has 2 aromatic rings. The number of nitrogens with zero attached hydrogens (tertiary/aromatic N) is 1. The Morgan fingerprint density at radius 2 is 2.09 bits per heavy atom. The number of aliphatic hydroxyl groups is 1. The van der Waals surface area contributed by atoms with Crippen molar-refractivity contribution in [1.29, 1.82) is 0 Å². The maximum absolute atomic E-state index is 12.0. The molecule has 1 amide bonds. The minimum atomic E-state index is -1.24. The van der Waals surface area contributed by atoms with Crippen LogP contribution in [0.3, 0.4) is 0 Å². The van der Waals surface area contributed by atoms with Gasteiger partial charge in [0.15, 0.2) is 0 Å². The van der Waals surface area contributed by atoms with Crippen molar-refractivity contribution < 1.29 is 14.3 Å². The highest BCUT2D eigenvalue weighted by atomic mass is 16.3. The third-order valence-electron chi connectivity index (χ3n) is 3.78. The van der Waals surface area contributed by atoms with Crippen molar-refractivity contribution in [1.82, 2.24) is 9.88 Å². The Hall–Kier alpha value is -2.34. The van der Waals surface area contributed by atoms with Crippen molar-refractivity contribution in [2.75, 3.05) is 6.54 Å². The Morgan fingerprint density at radius 3 is 2.70 bits per heavy atom. The van der Waals surface area contributed by atoms with Crippen LogP contribution >= 0.6 is 0 Å². The van der Waals surface area contributed by atoms with Gasteiger partial charge in [-0.15, -0.1) is 0 Å². The summed E-state index contributed by atoms with van der Waals surface area (Å²) < 4.78 is 6.75. The van der Waals surface area contributed by atoms with Crippen LogP contribution in [0.2, 0.25) is 0 Å². The number of aromatic nitrogens is 1. The Morgan fingerprint density at radius 1 is 1.39 bits per heavy atom. The number of carbonyl (C=O) groups excluding carboxylic acids is 1. The molecule has 0 aliphatic carbocycles. The van der Waals surface area contributed by atoms with E-state index in [2.05, 4.69) is 5.32 Å². The van der Waals surface area contributed by atoms with E-state index in [-0.39, 0.29) is 24.6 Å². The summed E-state index contributed by atoms with van der Waals surface area (Å²) in [6.07, 6.45) is 1.57. The van der Waals surface area contributed by atoms with Crippen molar-refractivity contribution in [3.63, 3.8) is 0 Å². The standard InChI is InChI=1S/C17H22N2O4/c1-11-6-5-7-19(16(11)21)9-15(20)18-10-17(4,22)14-8-12(2)23-13(14)3/h5-8,22H,9-10H2,1-4H3,(H,18,20). The predicted molar refractivity (Wildman–Crippen MR) is 86.2 cm³/mol. The molecule has 1 atom stereocenters. The fraction of sp³-hybridized carbons (Fsp3) is 0.412. The van der Waals surface area contributed by atoms with Gasteiger partial charge in [-0.1, -0.05) is 6.07 Å². The lowest BCUT2D eigenvalue weighted by atomic mass is 9.96. The van der Waals surface area contributed by atoms with Crippen LogP contribution in [0.4, 0.5) is 0 Å². The molecule has 124 valence electrons. The van der Waals surface area contributed by atoms with Gasteiger partial charge in [-0.3, -0.25) is 9.59 Å². The van der Waals surface area contributed by atoms with Gasteiger partial charge < -0.3 is 19.4 Å². The van der Waals surface area contributed by atoms with Crippen molar-refractivity contribution in [2.45, 2.75) is 39.8 Å². The average molecular weight is 318 g/mol. The summed E-state index contributed by atoms with van der Waals surface area (Å²) in [4.78, 5) is 23.9. The highest BCUT2D eigenvalue weighted by Gasteiger charge is 2.28. The second-order valence-electron chi connectivity index (χ2n) is 6.00. The van der Waals surface area contributed by atoms with E-state index in [0.29, 0.717) is 22.6 Å². The maximum Gasteiger partial charge on any atom is 0.253 e. The molecular weight excluding hydrogens is 296 g/mol. The molecule has 2 N–H and O–H groups in total. The summed E-state index contributed by atoms with van der Waals surface area (Å²) in [7, 11) is 0. The van der Waals surface area contributed by atoms with Gasteiger partial charge in [0.25, 0.3) is 5.56 Å². The van der Waals surface area contributed by atoms with Crippen LogP contribution in [0.25, 0.3) is 0 Å². The molecule has 0 aromatic carbocycles. The number of aryl methyl sites for hydroxylation is 3. The summed E-state index contributed by atoms with van der Waals surface area (Å²) in [5, 5.41) is 13.2. The topological polar surface area (TPSA) is 84.5 Å². The summed E-state index contributed by atoms with van der Waals surface area (Å²) in [6, 6.07) is 5.18. The Labute approximate surface area is 134 Å². The third-order valence-corrected chi connectivity index (χ3v) is 3.78. The van der Waals surface area contributed by atoms with Crippen LogP contribution in [0.15, 0.2) is 33.6 Å². The van der Waals surface area contributed by atoms with Gasteiger partial charge in [0, 0.05) is 17.3 Å². The van der Waals surface area contributed by atoms with Crippen molar-refractivity contribution in [3.8, 4) is 0 Å². The predicted octanol–water partition coefficient (Wildman–Crippen LogP) is 1.39. The highest BCUT2D eigenvalue weighted by Crippen LogP contribution is 2.26. The van der Waals surface area contributed by atoms with Crippen LogP contribution in [-0.2, 0) is 16.9 Å². The molecule has 0 saturated carbocycles. The minimum absolute atomic E-state index is 0.0339. The molecule has 6 heteroatoms. The average Bonchev–Trinajstić information content (AvgIpc) is 2.82. The van der Waals surface area contributed by atoms with E-state index in [0.717, 1.165) is 0 Å². The number of rotatable bonds is 5. The zero-order chi connectivity index (χ0) is 17.2. The van der Waals surface area contributed by atoms with Gasteiger partial charge in [-0.25, -0.2) is 0 Å². The van der Waals surface area contributed by atoms with Crippen molar-refractivity contribution in [3.05, 3.63) is 57.4 Å². The van der Waals surface area contributed by atoms with Crippen LogP contribution < -0.4 is 10.9 Å². The number of hydrogen-bond donors (Lipinski definition) is 2. The van der Waals surface area contributed by atoms with Gasteiger partial charge in [0.1, 0.15) is 23.7 Å². The Kier molecular flexibility index (Phi) is 4.75. The second-order valence-corrected chi connectivity index (χ2v) is 6.00. The molecule has 0 radical (unpaired) electrons. The van der Waals surface area contributed by atoms with E-state index >= 15 is 0 Å². The molecule has 0 saturated heterocycles. The first-order valence-electron chi connectivity index (χ1n) is 7.43. The molecule has 2 rings (SSSR count). The van der Waals surface area contributed by atoms with Crippen LogP contribution in [0, 0.1) is 20.8 Å². The number of pyridine rings is 1. The van der Waals surface area contributed by atoms with Gasteiger partial charge in [0.2, 0.25) is 5.91 Å². The lowest BCUT2D eigenvalue weighted by Crippen LogP contribution is -2.41. The summed E-state index contributed by atoms with van der Waals surface area (Å²) >= 11 is 0. The lowest BCUT2D eigenvalue weighted by Gasteiger charge is -2.23. The first-order valence-corrected chi connectivity index (χ1v) is 7.43. The van der Waals surface area contributed by atoms with Crippen LogP contribution in [0.5, 0.6) is 0 Å². The smallest absolute Gasteiger partial charge is 0.253 e. The zero-order valence-corrected chi connectivity index (χ0v) is 13.8. The molecule has 23 heavy (non-hydrogen) atoms. The van der Waals surface area contributed by atoms with Gasteiger partial charge >= 0.3 is 0 Å². The highest BCUT2D eigenvalue weighted by molar-refractivity contribution is 5.75. The van der Waals surface area contributed by atoms with E-state index in [4.69, 9.17) is 4.42 Å². The molecule has 1 unspecified atom stereocenters. The third kappa shape index (κ3) is 3.90. The van der Waals surface area contributed by atoms with E-state index in [1.54, 1.807) is 52.1 Å². The number of furan rings is 1. The Balaban J connectivity index is 2.02. The van der Waals surface area contributed by atoms with E-state index in [1.165, 1.54) is 4.57 Å². The molecule has 0 bridgehead atoms. The van der Waals surface area contributed by atoms with Crippen molar-refractivity contribution in [2.24, 2.45) is 0 Å². The van der Waals surface area contributed by atoms with Gasteiger partial charge in [-0.05, 0) is 39.8 Å². The summed E-state index contributed by atoms with van der Waals surface area (Å²) in [6.45, 7) is 6.83. The maximum atomic E-state index is 12.0. The molecule has 0 aliphatic rings. The number of nitrogens with one attached hydrogen (secondary N) is 1.